The number of likely N-dealkylation sites (tertiary alicyclic amines) is 1. The van der Waals surface area contributed by atoms with Gasteiger partial charge in [-0.2, -0.15) is 20.5 Å². The summed E-state index contributed by atoms with van der Waals surface area (Å²) in [4.78, 5) is 14.9. The van der Waals surface area contributed by atoms with Crippen LogP contribution < -0.4 is 0 Å². The molecule has 4 rings (SSSR count). The van der Waals surface area contributed by atoms with E-state index in [0.717, 1.165) is 22.5 Å². The number of hydrogen-bond acceptors (Lipinski definition) is 5. The van der Waals surface area contributed by atoms with Crippen LogP contribution in [0.1, 0.15) is 33.2 Å². The minimum absolute atomic E-state index is 0.0125. The molecule has 8 nitrogen and oxygen atoms in total. The van der Waals surface area contributed by atoms with Crippen LogP contribution in [0.2, 0.25) is 0 Å². The topological polar surface area (TPSA) is 88.4 Å². The number of aromatic nitrogens is 5. The highest BCUT2D eigenvalue weighted by Crippen LogP contribution is 2.29. The number of amides is 1. The van der Waals surface area contributed by atoms with Gasteiger partial charge in [0, 0.05) is 25.9 Å². The summed E-state index contributed by atoms with van der Waals surface area (Å²) in [7, 11) is 1.66. The molecule has 1 amide bonds. The van der Waals surface area contributed by atoms with Gasteiger partial charge in [-0.3, -0.25) is 4.79 Å². The van der Waals surface area contributed by atoms with Crippen LogP contribution >= 0.6 is 0 Å². The summed E-state index contributed by atoms with van der Waals surface area (Å²) in [6.07, 6.45) is 3.24. The van der Waals surface area contributed by atoms with Gasteiger partial charge in [-0.1, -0.05) is 6.07 Å². The Morgan fingerprint density at radius 3 is 2.84 bits per heavy atom. The Morgan fingerprint density at radius 2 is 2.12 bits per heavy atom. The average molecular weight is 340 g/mol. The lowest BCUT2D eigenvalue weighted by Gasteiger charge is -2.15. The first-order valence-corrected chi connectivity index (χ1v) is 8.22. The van der Waals surface area contributed by atoms with Crippen molar-refractivity contribution in [1.29, 1.82) is 0 Å². The highest BCUT2D eigenvalue weighted by Gasteiger charge is 2.38. The molecule has 8 heteroatoms. The molecule has 0 aromatic carbocycles. The molecule has 2 atom stereocenters. The fourth-order valence-corrected chi connectivity index (χ4v) is 3.46. The molecule has 1 saturated heterocycles. The standard InChI is InChI=1S/C17H20N6O2/c1-10-4-5-15-12(6-19-23(15)11(10)2)17(24)22-8-13(16(9-22)25-3)14-7-18-21-20-14/h4-7,13,16H,8-9H2,1-3H3,(H,18,20,21)/t13-,16+/m0/s1. The predicted molar refractivity (Wildman–Crippen MR) is 90.5 cm³/mol. The number of ether oxygens (including phenoxy) is 1. The first-order chi connectivity index (χ1) is 12.1. The van der Waals surface area contributed by atoms with Crippen molar-refractivity contribution in [3.8, 4) is 0 Å². The van der Waals surface area contributed by atoms with E-state index in [1.54, 1.807) is 24.4 Å². The summed E-state index contributed by atoms with van der Waals surface area (Å²) >= 11 is 0. The summed E-state index contributed by atoms with van der Waals surface area (Å²) in [6, 6.07) is 3.96. The Labute approximate surface area is 144 Å². The predicted octanol–water partition coefficient (Wildman–Crippen LogP) is 1.32. The van der Waals surface area contributed by atoms with Gasteiger partial charge in [0.25, 0.3) is 5.91 Å². The summed E-state index contributed by atoms with van der Waals surface area (Å²) in [5.41, 5.74) is 4.42. The lowest BCUT2D eigenvalue weighted by atomic mass is 10.0. The fourth-order valence-electron chi connectivity index (χ4n) is 3.46. The van der Waals surface area contributed by atoms with Gasteiger partial charge in [-0.25, -0.2) is 4.52 Å². The normalized spacial score (nSPS) is 20.5. The Kier molecular flexibility index (Phi) is 3.76. The molecule has 25 heavy (non-hydrogen) atoms. The molecule has 0 spiro atoms. The monoisotopic (exact) mass is 340 g/mol. The molecule has 0 saturated carbocycles. The molecule has 1 N–H and O–H groups in total. The minimum Gasteiger partial charge on any atom is -0.379 e. The van der Waals surface area contributed by atoms with Gasteiger partial charge >= 0.3 is 0 Å². The Hall–Kier alpha value is -2.74. The smallest absolute Gasteiger partial charge is 0.257 e. The number of aromatic amines is 1. The number of fused-ring (bicyclic) bond motifs is 1. The number of carbonyl (C=O) groups excluding carboxylic acids is 1. The maximum absolute atomic E-state index is 13.1. The van der Waals surface area contributed by atoms with Crippen molar-refractivity contribution in [3.05, 3.63) is 47.0 Å². The van der Waals surface area contributed by atoms with Crippen LogP contribution in [0.25, 0.3) is 5.52 Å². The van der Waals surface area contributed by atoms with Gasteiger partial charge in [-0.05, 0) is 25.5 Å². The van der Waals surface area contributed by atoms with Gasteiger partial charge < -0.3 is 9.64 Å². The van der Waals surface area contributed by atoms with Gasteiger partial charge in [0.15, 0.2) is 0 Å². The maximum atomic E-state index is 13.1. The van der Waals surface area contributed by atoms with Crippen molar-refractivity contribution in [1.82, 2.24) is 29.9 Å². The third kappa shape index (κ3) is 2.49. The molecular formula is C17H20N6O2. The number of hydrogen-bond donors (Lipinski definition) is 1. The van der Waals surface area contributed by atoms with E-state index in [-0.39, 0.29) is 17.9 Å². The van der Waals surface area contributed by atoms with Gasteiger partial charge in [0.1, 0.15) is 0 Å². The Balaban J connectivity index is 1.65. The summed E-state index contributed by atoms with van der Waals surface area (Å²) in [6.45, 7) is 5.10. The quantitative estimate of drug-likeness (QED) is 0.777. The molecule has 3 aromatic rings. The number of pyridine rings is 1. The van der Waals surface area contributed by atoms with Crippen LogP contribution in [0, 0.1) is 13.8 Å². The molecule has 1 aliphatic heterocycles. The van der Waals surface area contributed by atoms with E-state index in [2.05, 4.69) is 20.5 Å². The number of methoxy groups -OCH3 is 1. The van der Waals surface area contributed by atoms with Crippen LogP contribution in [0.3, 0.4) is 0 Å². The van der Waals surface area contributed by atoms with E-state index in [1.165, 1.54) is 0 Å². The fraction of sp³-hybridized carbons (Fsp3) is 0.412. The summed E-state index contributed by atoms with van der Waals surface area (Å²) in [5.74, 6) is -0.0233. The van der Waals surface area contributed by atoms with Crippen LogP contribution in [-0.4, -0.2) is 62.1 Å². The zero-order valence-electron chi connectivity index (χ0n) is 14.4. The van der Waals surface area contributed by atoms with Crippen LogP contribution in [0.5, 0.6) is 0 Å². The number of nitrogens with zero attached hydrogens (tertiary/aromatic N) is 5. The van der Waals surface area contributed by atoms with Crippen LogP contribution in [0.15, 0.2) is 24.5 Å². The zero-order valence-corrected chi connectivity index (χ0v) is 14.4. The Morgan fingerprint density at radius 1 is 1.28 bits per heavy atom. The second kappa shape index (κ2) is 5.96. The van der Waals surface area contributed by atoms with Crippen molar-refractivity contribution in [3.63, 3.8) is 0 Å². The second-order valence-corrected chi connectivity index (χ2v) is 6.44. The molecule has 4 heterocycles. The second-order valence-electron chi connectivity index (χ2n) is 6.44. The number of H-pyrrole nitrogens is 1. The van der Waals surface area contributed by atoms with Gasteiger partial charge in [0.05, 0.1) is 41.2 Å². The van der Waals surface area contributed by atoms with Crippen molar-refractivity contribution >= 4 is 11.4 Å². The molecule has 1 aliphatic rings. The molecule has 0 bridgehead atoms. The molecule has 3 aromatic heterocycles. The molecular weight excluding hydrogens is 320 g/mol. The first kappa shape index (κ1) is 15.8. The number of nitrogens with one attached hydrogen (secondary N) is 1. The largest absolute Gasteiger partial charge is 0.379 e. The SMILES string of the molecule is CO[C@@H]1CN(C(=O)c2cnn3c(C)c(C)ccc23)C[C@H]1c1cn[nH]n1. The molecule has 0 aliphatic carbocycles. The van der Waals surface area contributed by atoms with Crippen LogP contribution in [0.4, 0.5) is 0 Å². The van der Waals surface area contributed by atoms with E-state index in [4.69, 9.17) is 4.74 Å². The van der Waals surface area contributed by atoms with Crippen molar-refractivity contribution in [2.75, 3.05) is 20.2 Å². The summed E-state index contributed by atoms with van der Waals surface area (Å²) < 4.78 is 7.39. The average Bonchev–Trinajstić information content (AvgIpc) is 3.35. The minimum atomic E-state index is -0.0973. The molecule has 0 radical (unpaired) electrons. The number of carbonyl (C=O) groups is 1. The van der Waals surface area contributed by atoms with E-state index < -0.39 is 0 Å². The van der Waals surface area contributed by atoms with Crippen molar-refractivity contribution < 1.29 is 9.53 Å². The zero-order chi connectivity index (χ0) is 17.6. The molecule has 130 valence electrons. The van der Waals surface area contributed by atoms with Crippen molar-refractivity contribution in [2.24, 2.45) is 0 Å². The third-order valence-electron chi connectivity index (χ3n) is 5.09. The number of aryl methyl sites for hydroxylation is 2. The van der Waals surface area contributed by atoms with Crippen molar-refractivity contribution in [2.45, 2.75) is 25.9 Å². The van der Waals surface area contributed by atoms with Gasteiger partial charge in [-0.15, -0.1) is 0 Å². The van der Waals surface area contributed by atoms with Gasteiger partial charge in [0.2, 0.25) is 0 Å². The highest BCUT2D eigenvalue weighted by molar-refractivity contribution is 6.00. The van der Waals surface area contributed by atoms with E-state index in [9.17, 15) is 4.79 Å². The van der Waals surface area contributed by atoms with E-state index >= 15 is 0 Å². The first-order valence-electron chi connectivity index (χ1n) is 8.22. The highest BCUT2D eigenvalue weighted by atomic mass is 16.5. The Bertz CT molecular complexity index is 917. The van der Waals surface area contributed by atoms with E-state index in [0.29, 0.717) is 18.7 Å². The third-order valence-corrected chi connectivity index (χ3v) is 5.09. The molecule has 1 fully saturated rings. The van der Waals surface area contributed by atoms with Crippen LogP contribution in [-0.2, 0) is 4.74 Å². The number of rotatable bonds is 3. The lowest BCUT2D eigenvalue weighted by molar-refractivity contribution is 0.0716. The maximum Gasteiger partial charge on any atom is 0.257 e. The summed E-state index contributed by atoms with van der Waals surface area (Å²) in [5, 5.41) is 15.0. The van der Waals surface area contributed by atoms with E-state index in [1.807, 2.05) is 30.5 Å². The lowest BCUT2D eigenvalue weighted by Crippen LogP contribution is -2.29. The molecule has 0 unspecified atom stereocenters.